The summed E-state index contributed by atoms with van der Waals surface area (Å²) in [5, 5.41) is 2.94. The second-order valence-electron chi connectivity index (χ2n) is 6.50. The van der Waals surface area contributed by atoms with E-state index < -0.39 is 0 Å². The van der Waals surface area contributed by atoms with Crippen LogP contribution in [0, 0.1) is 13.8 Å². The largest absolute Gasteiger partial charge is 0.441 e. The van der Waals surface area contributed by atoms with Gasteiger partial charge in [0.25, 0.3) is 5.91 Å². The maximum Gasteiger partial charge on any atom is 0.252 e. The van der Waals surface area contributed by atoms with E-state index in [0.717, 1.165) is 34.4 Å². The SMILES string of the molecule is Cc1ccc2nc(CCCNC(=O)c3ccc4nc(C)cn4c3)oc2c1. The Morgan fingerprint density at radius 3 is 2.92 bits per heavy atom. The number of nitrogens with zero attached hydrogens (tertiary/aromatic N) is 3. The summed E-state index contributed by atoms with van der Waals surface area (Å²) < 4.78 is 7.62. The smallest absolute Gasteiger partial charge is 0.252 e. The first-order valence-corrected chi connectivity index (χ1v) is 8.68. The minimum atomic E-state index is -0.0913. The molecular formula is C20H20N4O2. The second-order valence-corrected chi connectivity index (χ2v) is 6.50. The summed E-state index contributed by atoms with van der Waals surface area (Å²) in [6, 6.07) is 9.62. The molecule has 4 rings (SSSR count). The van der Waals surface area contributed by atoms with E-state index >= 15 is 0 Å². The summed E-state index contributed by atoms with van der Waals surface area (Å²) in [6.07, 6.45) is 5.16. The Balaban J connectivity index is 1.33. The van der Waals surface area contributed by atoms with E-state index in [0.29, 0.717) is 24.4 Å². The molecule has 0 saturated carbocycles. The molecule has 6 heteroatoms. The van der Waals surface area contributed by atoms with Crippen molar-refractivity contribution in [1.82, 2.24) is 19.7 Å². The Bertz CT molecular complexity index is 1090. The van der Waals surface area contributed by atoms with Crippen molar-refractivity contribution in [3.05, 3.63) is 65.4 Å². The fourth-order valence-corrected chi connectivity index (χ4v) is 2.98. The number of rotatable bonds is 5. The molecule has 0 unspecified atom stereocenters. The van der Waals surface area contributed by atoms with Crippen molar-refractivity contribution in [3.8, 4) is 0 Å². The van der Waals surface area contributed by atoms with Gasteiger partial charge >= 0.3 is 0 Å². The molecule has 0 spiro atoms. The van der Waals surface area contributed by atoms with Crippen LogP contribution in [-0.4, -0.2) is 26.8 Å². The Morgan fingerprint density at radius 1 is 1.15 bits per heavy atom. The summed E-state index contributed by atoms with van der Waals surface area (Å²) in [5.74, 6) is 0.613. The van der Waals surface area contributed by atoms with Gasteiger partial charge in [-0.15, -0.1) is 0 Å². The van der Waals surface area contributed by atoms with Crippen molar-refractivity contribution in [2.24, 2.45) is 0 Å². The van der Waals surface area contributed by atoms with E-state index in [1.54, 1.807) is 12.3 Å². The van der Waals surface area contributed by atoms with Gasteiger partial charge in [0.15, 0.2) is 11.5 Å². The van der Waals surface area contributed by atoms with Crippen molar-refractivity contribution in [2.75, 3.05) is 6.54 Å². The van der Waals surface area contributed by atoms with E-state index in [2.05, 4.69) is 15.3 Å². The molecule has 0 aliphatic heterocycles. The van der Waals surface area contributed by atoms with Gasteiger partial charge in [-0.25, -0.2) is 9.97 Å². The van der Waals surface area contributed by atoms with Crippen LogP contribution in [0.15, 0.2) is 47.1 Å². The number of carbonyl (C=O) groups excluding carboxylic acids is 1. The third-order valence-corrected chi connectivity index (χ3v) is 4.27. The van der Waals surface area contributed by atoms with Gasteiger partial charge < -0.3 is 14.1 Å². The van der Waals surface area contributed by atoms with E-state index in [1.165, 1.54) is 0 Å². The van der Waals surface area contributed by atoms with Gasteiger partial charge in [0.1, 0.15) is 11.2 Å². The molecule has 0 aliphatic carbocycles. The maximum atomic E-state index is 12.3. The van der Waals surface area contributed by atoms with Crippen molar-refractivity contribution >= 4 is 22.7 Å². The molecule has 0 saturated heterocycles. The number of benzene rings is 1. The molecule has 1 N–H and O–H groups in total. The fourth-order valence-electron chi connectivity index (χ4n) is 2.98. The lowest BCUT2D eigenvalue weighted by Crippen LogP contribution is -2.25. The van der Waals surface area contributed by atoms with Crippen LogP contribution in [-0.2, 0) is 6.42 Å². The molecule has 0 fully saturated rings. The minimum absolute atomic E-state index is 0.0913. The number of hydrogen-bond donors (Lipinski definition) is 1. The molecule has 1 aromatic carbocycles. The van der Waals surface area contributed by atoms with E-state index in [9.17, 15) is 4.79 Å². The van der Waals surface area contributed by atoms with Crippen LogP contribution in [0.5, 0.6) is 0 Å². The van der Waals surface area contributed by atoms with Crippen molar-refractivity contribution in [3.63, 3.8) is 0 Å². The molecule has 4 aromatic rings. The predicted molar refractivity (Wildman–Crippen MR) is 99.3 cm³/mol. The van der Waals surface area contributed by atoms with Crippen LogP contribution in [0.4, 0.5) is 0 Å². The number of carbonyl (C=O) groups is 1. The Morgan fingerprint density at radius 2 is 2.04 bits per heavy atom. The summed E-state index contributed by atoms with van der Waals surface area (Å²) in [7, 11) is 0. The highest BCUT2D eigenvalue weighted by atomic mass is 16.3. The van der Waals surface area contributed by atoms with Gasteiger partial charge in [0.05, 0.1) is 11.3 Å². The molecular weight excluding hydrogens is 328 g/mol. The number of imidazole rings is 1. The number of oxazole rings is 1. The lowest BCUT2D eigenvalue weighted by Gasteiger charge is -2.05. The van der Waals surface area contributed by atoms with Gasteiger partial charge in [-0.2, -0.15) is 0 Å². The number of aromatic nitrogens is 3. The topological polar surface area (TPSA) is 72.4 Å². The van der Waals surface area contributed by atoms with Gasteiger partial charge in [0.2, 0.25) is 0 Å². The third kappa shape index (κ3) is 3.31. The second kappa shape index (κ2) is 6.63. The van der Waals surface area contributed by atoms with E-state index in [-0.39, 0.29) is 5.91 Å². The number of hydrogen-bond acceptors (Lipinski definition) is 4. The maximum absolute atomic E-state index is 12.3. The molecule has 0 bridgehead atoms. The normalized spacial score (nSPS) is 11.3. The number of pyridine rings is 1. The molecule has 26 heavy (non-hydrogen) atoms. The van der Waals surface area contributed by atoms with Crippen LogP contribution in [0.2, 0.25) is 0 Å². The quantitative estimate of drug-likeness (QED) is 0.561. The standard InChI is InChI=1S/C20H20N4O2/c1-13-5-7-16-17(10-13)26-19(23-16)4-3-9-21-20(25)15-6-8-18-22-14(2)11-24(18)12-15/h5-8,10-12H,3-4,9H2,1-2H3,(H,21,25). The van der Waals surface area contributed by atoms with Crippen molar-refractivity contribution < 1.29 is 9.21 Å². The first kappa shape index (κ1) is 16.3. The molecule has 6 nitrogen and oxygen atoms in total. The zero-order valence-corrected chi connectivity index (χ0v) is 14.8. The summed E-state index contributed by atoms with van der Waals surface area (Å²) in [4.78, 5) is 21.1. The zero-order valence-electron chi connectivity index (χ0n) is 14.8. The van der Waals surface area contributed by atoms with Crippen LogP contribution in [0.25, 0.3) is 16.7 Å². The molecule has 3 heterocycles. The Labute approximate surface area is 150 Å². The Kier molecular flexibility index (Phi) is 4.16. The molecule has 1 amide bonds. The third-order valence-electron chi connectivity index (χ3n) is 4.27. The summed E-state index contributed by atoms with van der Waals surface area (Å²) >= 11 is 0. The average Bonchev–Trinajstić information content (AvgIpc) is 3.18. The van der Waals surface area contributed by atoms with Crippen LogP contribution in [0.3, 0.4) is 0 Å². The van der Waals surface area contributed by atoms with Gasteiger partial charge in [-0.1, -0.05) is 6.07 Å². The van der Waals surface area contributed by atoms with Gasteiger partial charge in [0, 0.05) is 25.4 Å². The number of aryl methyl sites for hydroxylation is 3. The fraction of sp³-hybridized carbons (Fsp3) is 0.250. The first-order valence-electron chi connectivity index (χ1n) is 8.68. The van der Waals surface area contributed by atoms with Gasteiger partial charge in [-0.05, 0) is 50.1 Å². The minimum Gasteiger partial charge on any atom is -0.441 e. The molecule has 3 aromatic heterocycles. The number of nitrogens with one attached hydrogen (secondary N) is 1. The van der Waals surface area contributed by atoms with Crippen LogP contribution >= 0.6 is 0 Å². The summed E-state index contributed by atoms with van der Waals surface area (Å²) in [6.45, 7) is 4.53. The van der Waals surface area contributed by atoms with Crippen LogP contribution < -0.4 is 5.32 Å². The molecule has 0 atom stereocenters. The van der Waals surface area contributed by atoms with E-state index in [1.807, 2.05) is 48.7 Å². The number of amides is 1. The zero-order chi connectivity index (χ0) is 18.1. The number of fused-ring (bicyclic) bond motifs is 2. The molecule has 0 radical (unpaired) electrons. The lowest BCUT2D eigenvalue weighted by molar-refractivity contribution is 0.0952. The van der Waals surface area contributed by atoms with Gasteiger partial charge in [-0.3, -0.25) is 4.79 Å². The molecule has 132 valence electrons. The van der Waals surface area contributed by atoms with Crippen LogP contribution in [0.1, 0.15) is 33.9 Å². The predicted octanol–water partition coefficient (Wildman–Crippen LogP) is 3.45. The molecule has 0 aliphatic rings. The Hall–Kier alpha value is -3.15. The highest BCUT2D eigenvalue weighted by Gasteiger charge is 2.09. The summed E-state index contributed by atoms with van der Waals surface area (Å²) in [5.41, 5.74) is 5.22. The highest BCUT2D eigenvalue weighted by Crippen LogP contribution is 2.17. The lowest BCUT2D eigenvalue weighted by atomic mass is 10.2. The van der Waals surface area contributed by atoms with Crippen molar-refractivity contribution in [2.45, 2.75) is 26.7 Å². The monoisotopic (exact) mass is 348 g/mol. The first-order chi connectivity index (χ1) is 12.6. The van der Waals surface area contributed by atoms with E-state index in [4.69, 9.17) is 4.42 Å². The highest BCUT2D eigenvalue weighted by molar-refractivity contribution is 5.94. The van der Waals surface area contributed by atoms with Crippen molar-refractivity contribution in [1.29, 1.82) is 0 Å². The average molecular weight is 348 g/mol.